The second kappa shape index (κ2) is 8.14. The Bertz CT molecular complexity index is 499. The van der Waals surface area contributed by atoms with Gasteiger partial charge in [0.05, 0.1) is 25.4 Å². The normalized spacial score (nSPS) is 10.3. The van der Waals surface area contributed by atoms with Crippen LogP contribution < -0.4 is 10.5 Å². The molecule has 0 radical (unpaired) electrons. The lowest BCUT2D eigenvalue weighted by atomic mass is 10.1. The van der Waals surface area contributed by atoms with Crippen LogP contribution >= 0.6 is 0 Å². The van der Waals surface area contributed by atoms with Crippen LogP contribution in [0.1, 0.15) is 37.0 Å². The van der Waals surface area contributed by atoms with E-state index in [1.54, 1.807) is 26.0 Å². The number of carbonyl (C=O) groups excluding carboxylic acids is 2. The predicted octanol–water partition coefficient (Wildman–Crippen LogP) is 2.17. The summed E-state index contributed by atoms with van der Waals surface area (Å²) in [6.45, 7) is 3.88. The SMILES string of the molecule is COC(=O)CCCOc1ccc(N)c(C(=O)OC(C)C)c1. The average molecular weight is 295 g/mol. The van der Waals surface area contributed by atoms with Gasteiger partial charge in [0.1, 0.15) is 5.75 Å². The van der Waals surface area contributed by atoms with E-state index in [9.17, 15) is 9.59 Å². The molecule has 21 heavy (non-hydrogen) atoms. The van der Waals surface area contributed by atoms with E-state index in [-0.39, 0.29) is 24.1 Å². The molecule has 0 bridgehead atoms. The van der Waals surface area contributed by atoms with Gasteiger partial charge in [0.25, 0.3) is 0 Å². The Morgan fingerprint density at radius 3 is 2.62 bits per heavy atom. The summed E-state index contributed by atoms with van der Waals surface area (Å²) in [4.78, 5) is 22.8. The van der Waals surface area contributed by atoms with E-state index in [2.05, 4.69) is 4.74 Å². The van der Waals surface area contributed by atoms with Gasteiger partial charge in [-0.3, -0.25) is 4.79 Å². The van der Waals surface area contributed by atoms with E-state index in [0.717, 1.165) is 0 Å². The monoisotopic (exact) mass is 295 g/mol. The fourth-order valence-corrected chi connectivity index (χ4v) is 1.59. The number of hydrogen-bond donors (Lipinski definition) is 1. The van der Waals surface area contributed by atoms with Crippen LogP contribution in [0.4, 0.5) is 5.69 Å². The maximum absolute atomic E-state index is 11.9. The van der Waals surface area contributed by atoms with Crippen molar-refractivity contribution >= 4 is 17.6 Å². The molecule has 0 unspecified atom stereocenters. The minimum Gasteiger partial charge on any atom is -0.494 e. The van der Waals surface area contributed by atoms with Crippen LogP contribution in [0.25, 0.3) is 0 Å². The Morgan fingerprint density at radius 2 is 2.00 bits per heavy atom. The first-order valence-corrected chi connectivity index (χ1v) is 6.74. The second-order valence-electron chi connectivity index (χ2n) is 4.73. The van der Waals surface area contributed by atoms with Gasteiger partial charge in [-0.05, 0) is 38.5 Å². The highest BCUT2D eigenvalue weighted by Gasteiger charge is 2.14. The number of benzene rings is 1. The zero-order valence-electron chi connectivity index (χ0n) is 12.5. The van der Waals surface area contributed by atoms with Crippen LogP contribution in [-0.2, 0) is 14.3 Å². The van der Waals surface area contributed by atoms with Crippen molar-refractivity contribution in [2.75, 3.05) is 19.5 Å². The molecule has 6 heteroatoms. The number of nitrogen functional groups attached to an aromatic ring is 1. The molecule has 0 saturated carbocycles. The molecule has 116 valence electrons. The van der Waals surface area contributed by atoms with Crippen molar-refractivity contribution in [3.05, 3.63) is 23.8 Å². The number of hydrogen-bond acceptors (Lipinski definition) is 6. The third-order valence-corrected chi connectivity index (χ3v) is 2.61. The van der Waals surface area contributed by atoms with Gasteiger partial charge in [-0.15, -0.1) is 0 Å². The maximum atomic E-state index is 11.9. The molecule has 0 amide bonds. The van der Waals surface area contributed by atoms with Crippen LogP contribution in [0.2, 0.25) is 0 Å². The zero-order valence-corrected chi connectivity index (χ0v) is 12.5. The Morgan fingerprint density at radius 1 is 1.29 bits per heavy atom. The first-order chi connectivity index (χ1) is 9.93. The standard InChI is InChI=1S/C15H21NO5/c1-10(2)21-15(18)12-9-11(6-7-13(12)16)20-8-4-5-14(17)19-3/h6-7,9-10H,4-5,8,16H2,1-3H3. The summed E-state index contributed by atoms with van der Waals surface area (Å²) in [7, 11) is 1.34. The van der Waals surface area contributed by atoms with E-state index in [1.165, 1.54) is 13.2 Å². The van der Waals surface area contributed by atoms with E-state index in [1.807, 2.05) is 0 Å². The Labute approximate surface area is 124 Å². The van der Waals surface area contributed by atoms with Crippen molar-refractivity contribution in [2.45, 2.75) is 32.8 Å². The molecule has 0 heterocycles. The molecule has 1 aromatic rings. The van der Waals surface area contributed by atoms with Crippen LogP contribution in [0.3, 0.4) is 0 Å². The fourth-order valence-electron chi connectivity index (χ4n) is 1.59. The quantitative estimate of drug-likeness (QED) is 0.471. The van der Waals surface area contributed by atoms with Crippen LogP contribution in [-0.4, -0.2) is 31.8 Å². The number of ether oxygens (including phenoxy) is 3. The highest BCUT2D eigenvalue weighted by atomic mass is 16.5. The molecule has 1 aromatic carbocycles. The predicted molar refractivity (Wildman–Crippen MR) is 78.2 cm³/mol. The molecule has 0 fully saturated rings. The van der Waals surface area contributed by atoms with E-state index >= 15 is 0 Å². The molecule has 0 spiro atoms. The molecular formula is C15H21NO5. The van der Waals surface area contributed by atoms with Crippen molar-refractivity contribution in [1.29, 1.82) is 0 Å². The highest BCUT2D eigenvalue weighted by Crippen LogP contribution is 2.21. The number of carbonyl (C=O) groups is 2. The Kier molecular flexibility index (Phi) is 6.52. The smallest absolute Gasteiger partial charge is 0.340 e. The number of nitrogens with two attached hydrogens (primary N) is 1. The van der Waals surface area contributed by atoms with Crippen molar-refractivity contribution in [3.8, 4) is 5.75 Å². The molecule has 0 aromatic heterocycles. The first kappa shape index (κ1) is 16.8. The minimum absolute atomic E-state index is 0.221. The molecule has 0 aliphatic carbocycles. The second-order valence-corrected chi connectivity index (χ2v) is 4.73. The van der Waals surface area contributed by atoms with E-state index < -0.39 is 5.97 Å². The van der Waals surface area contributed by atoms with Crippen LogP contribution in [0, 0.1) is 0 Å². The zero-order chi connectivity index (χ0) is 15.8. The maximum Gasteiger partial charge on any atom is 0.340 e. The van der Waals surface area contributed by atoms with E-state index in [4.69, 9.17) is 15.2 Å². The summed E-state index contributed by atoms with van der Waals surface area (Å²) in [6, 6.07) is 4.80. The molecule has 0 aliphatic rings. The van der Waals surface area contributed by atoms with Gasteiger partial charge < -0.3 is 19.9 Å². The summed E-state index contributed by atoms with van der Waals surface area (Å²) in [6.07, 6.45) is 0.595. The lowest BCUT2D eigenvalue weighted by Crippen LogP contribution is -2.13. The van der Waals surface area contributed by atoms with Crippen molar-refractivity contribution in [2.24, 2.45) is 0 Å². The first-order valence-electron chi connectivity index (χ1n) is 6.74. The number of esters is 2. The number of anilines is 1. The third kappa shape index (κ3) is 5.72. The summed E-state index contributed by atoms with van der Waals surface area (Å²) >= 11 is 0. The summed E-state index contributed by atoms with van der Waals surface area (Å²) < 4.78 is 15.1. The topological polar surface area (TPSA) is 87.9 Å². The summed E-state index contributed by atoms with van der Waals surface area (Å²) in [5.41, 5.74) is 6.37. The van der Waals surface area contributed by atoms with Gasteiger partial charge in [-0.2, -0.15) is 0 Å². The molecule has 1 rings (SSSR count). The highest BCUT2D eigenvalue weighted by molar-refractivity contribution is 5.95. The van der Waals surface area contributed by atoms with Crippen LogP contribution in [0.5, 0.6) is 5.75 Å². The van der Waals surface area contributed by atoms with Gasteiger partial charge in [0.2, 0.25) is 0 Å². The van der Waals surface area contributed by atoms with E-state index in [0.29, 0.717) is 24.5 Å². The van der Waals surface area contributed by atoms with Gasteiger partial charge in [0.15, 0.2) is 0 Å². The molecule has 6 nitrogen and oxygen atoms in total. The Hall–Kier alpha value is -2.24. The largest absolute Gasteiger partial charge is 0.494 e. The average Bonchev–Trinajstić information content (AvgIpc) is 2.43. The molecule has 0 saturated heterocycles. The van der Waals surface area contributed by atoms with Crippen molar-refractivity contribution in [3.63, 3.8) is 0 Å². The van der Waals surface area contributed by atoms with Gasteiger partial charge >= 0.3 is 11.9 Å². The fraction of sp³-hybridized carbons (Fsp3) is 0.467. The van der Waals surface area contributed by atoms with Gasteiger partial charge in [-0.1, -0.05) is 0 Å². The van der Waals surface area contributed by atoms with Gasteiger partial charge in [0, 0.05) is 12.1 Å². The lowest BCUT2D eigenvalue weighted by Gasteiger charge is -2.12. The Balaban J connectivity index is 2.60. The molecule has 0 aliphatic heterocycles. The summed E-state index contributed by atoms with van der Waals surface area (Å²) in [5, 5.41) is 0. The van der Waals surface area contributed by atoms with Gasteiger partial charge in [-0.25, -0.2) is 4.79 Å². The third-order valence-electron chi connectivity index (χ3n) is 2.61. The molecular weight excluding hydrogens is 274 g/mol. The minimum atomic E-state index is -0.484. The lowest BCUT2D eigenvalue weighted by molar-refractivity contribution is -0.140. The van der Waals surface area contributed by atoms with Crippen molar-refractivity contribution < 1.29 is 23.8 Å². The summed E-state index contributed by atoms with van der Waals surface area (Å²) in [5.74, 6) is -0.260. The van der Waals surface area contributed by atoms with Crippen LogP contribution in [0.15, 0.2) is 18.2 Å². The molecule has 2 N–H and O–H groups in total. The molecule has 0 atom stereocenters. The van der Waals surface area contributed by atoms with Crippen molar-refractivity contribution in [1.82, 2.24) is 0 Å². The number of methoxy groups -OCH3 is 1. The number of rotatable bonds is 7.